The van der Waals surface area contributed by atoms with Crippen molar-refractivity contribution < 1.29 is 4.79 Å². The summed E-state index contributed by atoms with van der Waals surface area (Å²) in [6.45, 7) is 0. The van der Waals surface area contributed by atoms with Crippen LogP contribution in [-0.4, -0.2) is 10.8 Å². The molecule has 0 saturated carbocycles. The predicted molar refractivity (Wildman–Crippen MR) is 73.8 cm³/mol. The van der Waals surface area contributed by atoms with E-state index in [-0.39, 0.29) is 5.78 Å². The molecule has 1 N–H and O–H groups in total. The number of aromatic amines is 1. The zero-order valence-corrected chi connectivity index (χ0v) is 11.1. The second-order valence-electron chi connectivity index (χ2n) is 3.73. The molecule has 0 spiro atoms. The van der Waals surface area contributed by atoms with Gasteiger partial charge in [0.2, 0.25) is 0 Å². The molecule has 84 valence electrons. The lowest BCUT2D eigenvalue weighted by Gasteiger charge is -1.97. The van der Waals surface area contributed by atoms with Gasteiger partial charge < -0.3 is 4.98 Å². The molecule has 17 heavy (non-hydrogen) atoms. The third kappa shape index (κ3) is 1.83. The Labute approximate surface area is 110 Å². The summed E-state index contributed by atoms with van der Waals surface area (Å²) in [4.78, 5) is 15.4. The number of rotatable bonds is 2. The summed E-state index contributed by atoms with van der Waals surface area (Å²) in [6, 6.07) is 7.73. The van der Waals surface area contributed by atoms with Gasteiger partial charge in [-0.2, -0.15) is 11.3 Å². The van der Waals surface area contributed by atoms with Gasteiger partial charge in [0, 0.05) is 38.1 Å². The molecular formula is C13H8BrNOS. The molecule has 0 unspecified atom stereocenters. The van der Waals surface area contributed by atoms with Crippen molar-refractivity contribution in [2.24, 2.45) is 0 Å². The Morgan fingerprint density at radius 2 is 2.18 bits per heavy atom. The summed E-state index contributed by atoms with van der Waals surface area (Å²) < 4.78 is 0.976. The maximum Gasteiger partial charge on any atom is 0.196 e. The van der Waals surface area contributed by atoms with Crippen molar-refractivity contribution in [2.75, 3.05) is 0 Å². The SMILES string of the molecule is O=C(c1ccsc1)c1c[nH]c2ccc(Br)cc12. The number of halogens is 1. The summed E-state index contributed by atoms with van der Waals surface area (Å²) in [5.74, 6) is 0.0654. The van der Waals surface area contributed by atoms with Crippen LogP contribution in [0.5, 0.6) is 0 Å². The van der Waals surface area contributed by atoms with Gasteiger partial charge in [0.15, 0.2) is 5.78 Å². The molecule has 0 radical (unpaired) electrons. The van der Waals surface area contributed by atoms with Crippen LogP contribution < -0.4 is 0 Å². The quantitative estimate of drug-likeness (QED) is 0.706. The van der Waals surface area contributed by atoms with E-state index in [9.17, 15) is 4.79 Å². The molecule has 0 saturated heterocycles. The van der Waals surface area contributed by atoms with Crippen molar-refractivity contribution in [3.8, 4) is 0 Å². The average Bonchev–Trinajstić information content (AvgIpc) is 2.97. The van der Waals surface area contributed by atoms with Gasteiger partial charge in [-0.25, -0.2) is 0 Å². The summed E-state index contributed by atoms with van der Waals surface area (Å²) in [7, 11) is 0. The lowest BCUT2D eigenvalue weighted by Crippen LogP contribution is -1.97. The van der Waals surface area contributed by atoms with Gasteiger partial charge in [-0.15, -0.1) is 0 Å². The molecule has 0 amide bonds. The molecule has 3 rings (SSSR count). The van der Waals surface area contributed by atoms with Crippen LogP contribution in [0.15, 0.2) is 45.7 Å². The number of hydrogen-bond donors (Lipinski definition) is 1. The predicted octanol–water partition coefficient (Wildman–Crippen LogP) is 4.22. The van der Waals surface area contributed by atoms with Gasteiger partial charge in [0.1, 0.15) is 0 Å². The first kappa shape index (κ1) is 10.7. The van der Waals surface area contributed by atoms with Crippen LogP contribution in [0.4, 0.5) is 0 Å². The molecule has 2 heterocycles. The van der Waals surface area contributed by atoms with Gasteiger partial charge in [0.05, 0.1) is 0 Å². The van der Waals surface area contributed by atoms with Gasteiger partial charge in [-0.05, 0) is 29.6 Å². The number of nitrogens with one attached hydrogen (secondary N) is 1. The van der Waals surface area contributed by atoms with E-state index < -0.39 is 0 Å². The van der Waals surface area contributed by atoms with E-state index in [0.29, 0.717) is 0 Å². The van der Waals surface area contributed by atoms with E-state index in [0.717, 1.165) is 26.5 Å². The molecule has 3 aromatic rings. The van der Waals surface area contributed by atoms with Crippen LogP contribution in [0.3, 0.4) is 0 Å². The van der Waals surface area contributed by atoms with Crippen LogP contribution in [-0.2, 0) is 0 Å². The van der Waals surface area contributed by atoms with Crippen LogP contribution in [0, 0.1) is 0 Å². The zero-order valence-electron chi connectivity index (χ0n) is 8.74. The highest BCUT2D eigenvalue weighted by atomic mass is 79.9. The van der Waals surface area contributed by atoms with E-state index in [1.807, 2.05) is 35.0 Å². The molecular weight excluding hydrogens is 298 g/mol. The van der Waals surface area contributed by atoms with Crippen LogP contribution >= 0.6 is 27.3 Å². The molecule has 0 aliphatic carbocycles. The smallest absolute Gasteiger partial charge is 0.196 e. The molecule has 0 aliphatic heterocycles. The fraction of sp³-hybridized carbons (Fsp3) is 0. The summed E-state index contributed by atoms with van der Waals surface area (Å²) in [6.07, 6.45) is 1.77. The Kier molecular flexibility index (Phi) is 2.61. The van der Waals surface area contributed by atoms with Crippen LogP contribution in [0.1, 0.15) is 15.9 Å². The van der Waals surface area contributed by atoms with Gasteiger partial charge >= 0.3 is 0 Å². The standard InChI is InChI=1S/C13H8BrNOS/c14-9-1-2-12-10(5-9)11(6-15-12)13(16)8-3-4-17-7-8/h1-7,15H. The zero-order chi connectivity index (χ0) is 11.8. The lowest BCUT2D eigenvalue weighted by atomic mass is 10.1. The lowest BCUT2D eigenvalue weighted by molar-refractivity contribution is 0.104. The van der Waals surface area contributed by atoms with E-state index in [4.69, 9.17) is 0 Å². The summed E-state index contributed by atoms with van der Waals surface area (Å²) in [5.41, 5.74) is 2.45. The van der Waals surface area contributed by atoms with Crippen molar-refractivity contribution in [2.45, 2.75) is 0 Å². The van der Waals surface area contributed by atoms with Crippen LogP contribution in [0.2, 0.25) is 0 Å². The highest BCUT2D eigenvalue weighted by molar-refractivity contribution is 9.10. The second kappa shape index (κ2) is 4.13. The third-order valence-electron chi connectivity index (χ3n) is 2.67. The number of aromatic nitrogens is 1. The number of ketones is 1. The first-order valence-electron chi connectivity index (χ1n) is 5.09. The minimum absolute atomic E-state index is 0.0654. The Balaban J connectivity index is 2.18. The average molecular weight is 306 g/mol. The topological polar surface area (TPSA) is 32.9 Å². The van der Waals surface area contributed by atoms with Gasteiger partial charge in [0.25, 0.3) is 0 Å². The largest absolute Gasteiger partial charge is 0.360 e. The number of hydrogen-bond acceptors (Lipinski definition) is 2. The minimum atomic E-state index is 0.0654. The van der Waals surface area contributed by atoms with Crippen molar-refractivity contribution in [1.82, 2.24) is 4.98 Å². The van der Waals surface area contributed by atoms with Gasteiger partial charge in [-0.1, -0.05) is 15.9 Å². The Morgan fingerprint density at radius 1 is 1.29 bits per heavy atom. The highest BCUT2D eigenvalue weighted by Gasteiger charge is 2.14. The molecule has 2 nitrogen and oxygen atoms in total. The van der Waals surface area contributed by atoms with Crippen molar-refractivity contribution in [1.29, 1.82) is 0 Å². The van der Waals surface area contributed by atoms with E-state index in [1.54, 1.807) is 6.20 Å². The monoisotopic (exact) mass is 305 g/mol. The first-order chi connectivity index (χ1) is 8.25. The maximum atomic E-state index is 12.3. The van der Waals surface area contributed by atoms with Crippen molar-refractivity contribution in [3.63, 3.8) is 0 Å². The fourth-order valence-corrected chi connectivity index (χ4v) is 2.83. The molecule has 1 aromatic carbocycles. The van der Waals surface area contributed by atoms with E-state index in [1.165, 1.54) is 11.3 Å². The van der Waals surface area contributed by atoms with Crippen LogP contribution in [0.25, 0.3) is 10.9 Å². The van der Waals surface area contributed by atoms with Crippen molar-refractivity contribution >= 4 is 44.0 Å². The molecule has 0 fully saturated rings. The van der Waals surface area contributed by atoms with Gasteiger partial charge in [-0.3, -0.25) is 4.79 Å². The summed E-state index contributed by atoms with van der Waals surface area (Å²) in [5, 5.41) is 4.74. The van der Waals surface area contributed by atoms with Crippen molar-refractivity contribution in [3.05, 3.63) is 56.8 Å². The Hall–Kier alpha value is -1.39. The minimum Gasteiger partial charge on any atom is -0.360 e. The molecule has 2 aromatic heterocycles. The normalized spacial score (nSPS) is 10.9. The Morgan fingerprint density at radius 3 is 2.94 bits per heavy atom. The number of thiophene rings is 1. The number of carbonyl (C=O) groups is 1. The maximum absolute atomic E-state index is 12.3. The number of carbonyl (C=O) groups excluding carboxylic acids is 1. The molecule has 0 atom stereocenters. The van der Waals surface area contributed by atoms with E-state index in [2.05, 4.69) is 20.9 Å². The highest BCUT2D eigenvalue weighted by Crippen LogP contribution is 2.25. The molecule has 0 aliphatic rings. The number of fused-ring (bicyclic) bond motifs is 1. The fourth-order valence-electron chi connectivity index (χ4n) is 1.83. The summed E-state index contributed by atoms with van der Waals surface area (Å²) >= 11 is 4.96. The third-order valence-corrected chi connectivity index (χ3v) is 3.85. The Bertz CT molecular complexity index is 685. The molecule has 4 heteroatoms. The van der Waals surface area contributed by atoms with E-state index >= 15 is 0 Å². The first-order valence-corrected chi connectivity index (χ1v) is 6.83. The molecule has 0 bridgehead atoms. The second-order valence-corrected chi connectivity index (χ2v) is 5.43. The number of H-pyrrole nitrogens is 1. The number of benzene rings is 1.